The molecule has 0 aliphatic carbocycles. The van der Waals surface area contributed by atoms with Crippen LogP contribution in [0, 0.1) is 0 Å². The van der Waals surface area contributed by atoms with Crippen LogP contribution in [-0.2, 0) is 23.6 Å². The van der Waals surface area contributed by atoms with Gasteiger partial charge < -0.3 is 8.83 Å². The molecule has 0 fully saturated rings. The Bertz CT molecular complexity index is 966. The zero-order valence-corrected chi connectivity index (χ0v) is 12.8. The molecule has 116 valence electrons. The van der Waals surface area contributed by atoms with Crippen molar-refractivity contribution < 1.29 is 17.3 Å². The van der Waals surface area contributed by atoms with Gasteiger partial charge in [-0.1, -0.05) is 0 Å². The first kappa shape index (κ1) is 14.6. The fourth-order valence-corrected chi connectivity index (χ4v) is 3.31. The zero-order valence-electron chi connectivity index (χ0n) is 12.0. The number of hydrogen-bond acceptors (Lipinski definition) is 5. The van der Waals surface area contributed by atoms with E-state index in [-0.39, 0.29) is 17.0 Å². The summed E-state index contributed by atoms with van der Waals surface area (Å²) >= 11 is 0. The van der Waals surface area contributed by atoms with E-state index in [2.05, 4.69) is 0 Å². The number of benzene rings is 1. The Hall–Kier alpha value is -2.32. The number of nitrogens with zero attached hydrogens (tertiary/aromatic N) is 2. The molecule has 7 nitrogen and oxygen atoms in total. The summed E-state index contributed by atoms with van der Waals surface area (Å²) in [6.45, 7) is 0.117. The van der Waals surface area contributed by atoms with Gasteiger partial charge in [-0.25, -0.2) is 13.2 Å². The van der Waals surface area contributed by atoms with Gasteiger partial charge in [0.05, 0.1) is 23.2 Å². The highest BCUT2D eigenvalue weighted by molar-refractivity contribution is 7.89. The van der Waals surface area contributed by atoms with E-state index >= 15 is 0 Å². The van der Waals surface area contributed by atoms with Crippen molar-refractivity contribution in [3.8, 4) is 0 Å². The number of sulfonamides is 1. The Morgan fingerprint density at radius 2 is 2.05 bits per heavy atom. The van der Waals surface area contributed by atoms with Gasteiger partial charge in [0, 0.05) is 20.2 Å². The number of oxazole rings is 1. The van der Waals surface area contributed by atoms with E-state index in [1.807, 2.05) is 0 Å². The number of furan rings is 1. The van der Waals surface area contributed by atoms with Crippen LogP contribution in [-0.4, -0.2) is 24.3 Å². The predicted octanol–water partition coefficient (Wildman–Crippen LogP) is 1.55. The Morgan fingerprint density at radius 1 is 1.27 bits per heavy atom. The summed E-state index contributed by atoms with van der Waals surface area (Å²) in [5.41, 5.74) is 0.776. The number of hydrogen-bond donors (Lipinski definition) is 0. The fourth-order valence-electron chi connectivity index (χ4n) is 2.16. The molecule has 3 aromatic rings. The maximum atomic E-state index is 12.6. The van der Waals surface area contributed by atoms with Crippen LogP contribution in [0.5, 0.6) is 0 Å². The van der Waals surface area contributed by atoms with Gasteiger partial charge >= 0.3 is 5.76 Å². The summed E-state index contributed by atoms with van der Waals surface area (Å²) in [6.07, 6.45) is 1.49. The van der Waals surface area contributed by atoms with Crippen molar-refractivity contribution in [1.82, 2.24) is 8.87 Å². The molecular formula is C14H14N2O5S. The number of fused-ring (bicyclic) bond motifs is 1. The normalized spacial score (nSPS) is 12.3. The van der Waals surface area contributed by atoms with Crippen molar-refractivity contribution in [2.75, 3.05) is 7.05 Å². The van der Waals surface area contributed by atoms with Crippen LogP contribution >= 0.6 is 0 Å². The minimum atomic E-state index is -3.71. The average molecular weight is 322 g/mol. The van der Waals surface area contributed by atoms with Crippen molar-refractivity contribution in [1.29, 1.82) is 0 Å². The monoisotopic (exact) mass is 322 g/mol. The molecule has 0 amide bonds. The number of rotatable bonds is 4. The molecule has 2 aromatic heterocycles. The summed E-state index contributed by atoms with van der Waals surface area (Å²) in [5.74, 6) is 0.00637. The van der Waals surface area contributed by atoms with Crippen molar-refractivity contribution >= 4 is 21.1 Å². The quantitative estimate of drug-likeness (QED) is 0.727. The third-order valence-electron chi connectivity index (χ3n) is 3.43. The van der Waals surface area contributed by atoms with Gasteiger partial charge in [0.15, 0.2) is 5.58 Å². The molecule has 0 N–H and O–H groups in total. The molecule has 1 aromatic carbocycles. The maximum Gasteiger partial charge on any atom is 0.419 e. The van der Waals surface area contributed by atoms with Crippen LogP contribution in [0.2, 0.25) is 0 Å². The van der Waals surface area contributed by atoms with Crippen LogP contribution in [0.25, 0.3) is 11.1 Å². The van der Waals surface area contributed by atoms with E-state index in [9.17, 15) is 13.2 Å². The Morgan fingerprint density at radius 3 is 2.73 bits per heavy atom. The standard InChI is InChI=1S/C14H14N2O5S/c1-15(9-10-4-3-7-20-10)22(18,19)11-5-6-12-13(8-11)21-14(17)16(12)2/h3-8H,9H2,1-2H3. The van der Waals surface area contributed by atoms with E-state index < -0.39 is 15.8 Å². The molecule has 2 heterocycles. The summed E-state index contributed by atoms with van der Waals surface area (Å²) in [6, 6.07) is 7.75. The van der Waals surface area contributed by atoms with Crippen molar-refractivity contribution in [2.24, 2.45) is 7.05 Å². The number of aryl methyl sites for hydroxylation is 1. The average Bonchev–Trinajstić information content (AvgIpc) is 3.08. The van der Waals surface area contributed by atoms with Gasteiger partial charge in [-0.2, -0.15) is 4.31 Å². The van der Waals surface area contributed by atoms with Crippen molar-refractivity contribution in [3.05, 3.63) is 52.9 Å². The lowest BCUT2D eigenvalue weighted by Crippen LogP contribution is -2.26. The van der Waals surface area contributed by atoms with Crippen molar-refractivity contribution in [3.63, 3.8) is 0 Å². The summed E-state index contributed by atoms with van der Waals surface area (Å²) in [5, 5.41) is 0. The van der Waals surface area contributed by atoms with Crippen molar-refractivity contribution in [2.45, 2.75) is 11.4 Å². The molecule has 0 spiro atoms. The number of aromatic nitrogens is 1. The molecular weight excluding hydrogens is 308 g/mol. The zero-order chi connectivity index (χ0) is 15.9. The SMILES string of the molecule is CN(Cc1ccco1)S(=O)(=O)c1ccc2c(c1)oc(=O)n2C. The molecule has 3 rings (SSSR count). The molecule has 22 heavy (non-hydrogen) atoms. The molecule has 0 bridgehead atoms. The minimum Gasteiger partial charge on any atom is -0.468 e. The van der Waals surface area contributed by atoms with Gasteiger partial charge in [0.2, 0.25) is 10.0 Å². The molecule has 0 atom stereocenters. The first-order valence-electron chi connectivity index (χ1n) is 6.48. The fraction of sp³-hybridized carbons (Fsp3) is 0.214. The van der Waals surface area contributed by atoms with E-state index in [0.717, 1.165) is 0 Å². The lowest BCUT2D eigenvalue weighted by atomic mass is 10.3. The Labute approximate surface area is 126 Å². The van der Waals surface area contributed by atoms with E-state index in [4.69, 9.17) is 8.83 Å². The van der Waals surface area contributed by atoms with E-state index in [1.54, 1.807) is 25.2 Å². The molecule has 0 saturated carbocycles. The smallest absolute Gasteiger partial charge is 0.419 e. The summed E-state index contributed by atoms with van der Waals surface area (Å²) in [7, 11) is -0.686. The highest BCUT2D eigenvalue weighted by atomic mass is 32.2. The van der Waals surface area contributed by atoms with Crippen LogP contribution in [0.1, 0.15) is 5.76 Å². The topological polar surface area (TPSA) is 85.7 Å². The van der Waals surface area contributed by atoms with Crippen LogP contribution in [0.3, 0.4) is 0 Å². The third-order valence-corrected chi connectivity index (χ3v) is 5.23. The largest absolute Gasteiger partial charge is 0.468 e. The van der Waals surface area contributed by atoms with Gasteiger partial charge in [0.25, 0.3) is 0 Å². The minimum absolute atomic E-state index is 0.0587. The van der Waals surface area contributed by atoms with Gasteiger partial charge in [0.1, 0.15) is 5.76 Å². The predicted molar refractivity (Wildman–Crippen MR) is 78.8 cm³/mol. The Balaban J connectivity index is 1.99. The van der Waals surface area contributed by atoms with Gasteiger partial charge in [-0.3, -0.25) is 4.57 Å². The first-order chi connectivity index (χ1) is 10.4. The van der Waals surface area contributed by atoms with Gasteiger partial charge in [-0.05, 0) is 24.3 Å². The molecule has 0 unspecified atom stereocenters. The van der Waals surface area contributed by atoms with Crippen LogP contribution in [0.4, 0.5) is 0 Å². The van der Waals surface area contributed by atoms with E-state index in [1.165, 1.54) is 34.3 Å². The molecule has 0 saturated heterocycles. The molecule has 0 radical (unpaired) electrons. The summed E-state index contributed by atoms with van der Waals surface area (Å²) in [4.78, 5) is 11.5. The highest BCUT2D eigenvalue weighted by Crippen LogP contribution is 2.21. The lowest BCUT2D eigenvalue weighted by molar-refractivity contribution is 0.406. The lowest BCUT2D eigenvalue weighted by Gasteiger charge is -2.15. The summed E-state index contributed by atoms with van der Waals surface area (Å²) < 4.78 is 37.8. The first-order valence-corrected chi connectivity index (χ1v) is 7.92. The highest BCUT2D eigenvalue weighted by Gasteiger charge is 2.23. The molecule has 0 aliphatic rings. The maximum absolute atomic E-state index is 12.6. The Kier molecular flexibility index (Phi) is 3.42. The second kappa shape index (κ2) is 5.15. The van der Waals surface area contributed by atoms with Gasteiger partial charge in [-0.15, -0.1) is 0 Å². The van der Waals surface area contributed by atoms with Crippen LogP contribution < -0.4 is 5.76 Å². The second-order valence-electron chi connectivity index (χ2n) is 4.90. The second-order valence-corrected chi connectivity index (χ2v) is 6.94. The molecule has 8 heteroatoms. The van der Waals surface area contributed by atoms with Crippen LogP contribution in [0.15, 0.2) is 55.1 Å². The third kappa shape index (κ3) is 2.36. The molecule has 0 aliphatic heterocycles. The van der Waals surface area contributed by atoms with E-state index in [0.29, 0.717) is 11.3 Å².